The normalized spacial score (nSPS) is 11.2. The lowest BCUT2D eigenvalue weighted by molar-refractivity contribution is 0.0697. The summed E-state index contributed by atoms with van der Waals surface area (Å²) >= 11 is 0. The number of nitrogens with one attached hydrogen (secondary N) is 1. The number of carboxylic acid groups (broad SMARTS) is 1. The Morgan fingerprint density at radius 1 is 1.00 bits per heavy atom. The monoisotopic (exact) mass is 331 g/mol. The van der Waals surface area contributed by atoms with Gasteiger partial charge in [-0.1, -0.05) is 0 Å². The predicted molar refractivity (Wildman–Crippen MR) is 70.5 cm³/mol. The van der Waals surface area contributed by atoms with Gasteiger partial charge in [0.25, 0.3) is 10.0 Å². The maximum absolute atomic E-state index is 13.6. The minimum absolute atomic E-state index is 0.357. The Hall–Kier alpha value is -2.55. The number of sulfonamides is 1. The zero-order chi connectivity index (χ0) is 16.5. The molecule has 0 fully saturated rings. The fourth-order valence-corrected chi connectivity index (χ4v) is 2.72. The summed E-state index contributed by atoms with van der Waals surface area (Å²) in [6, 6.07) is 4.02. The highest BCUT2D eigenvalue weighted by molar-refractivity contribution is 7.92. The molecule has 0 saturated carbocycles. The lowest BCUT2D eigenvalue weighted by Crippen LogP contribution is -2.15. The molecule has 0 radical (unpaired) electrons. The molecule has 0 heterocycles. The van der Waals surface area contributed by atoms with E-state index in [9.17, 15) is 26.4 Å². The number of hydrogen-bond acceptors (Lipinski definition) is 3. The lowest BCUT2D eigenvalue weighted by Gasteiger charge is -2.10. The molecule has 2 rings (SSSR count). The van der Waals surface area contributed by atoms with E-state index in [0.29, 0.717) is 18.2 Å². The molecule has 5 nitrogen and oxygen atoms in total. The van der Waals surface area contributed by atoms with Crippen LogP contribution < -0.4 is 4.72 Å². The highest BCUT2D eigenvalue weighted by Crippen LogP contribution is 2.22. The van der Waals surface area contributed by atoms with Gasteiger partial charge < -0.3 is 5.11 Å². The van der Waals surface area contributed by atoms with Crippen molar-refractivity contribution in [3.8, 4) is 0 Å². The van der Waals surface area contributed by atoms with Crippen LogP contribution in [0, 0.1) is 17.5 Å². The molecule has 0 aliphatic heterocycles. The Morgan fingerprint density at radius 2 is 1.59 bits per heavy atom. The van der Waals surface area contributed by atoms with Crippen LogP contribution in [0.25, 0.3) is 0 Å². The number of aromatic carboxylic acids is 1. The van der Waals surface area contributed by atoms with Gasteiger partial charge in [-0.05, 0) is 30.3 Å². The molecule has 0 spiro atoms. The standard InChI is InChI=1S/C13H8F3NO4S/c14-8-4-9(15)6-10(5-8)22(20,21)17-12-3-7(13(18)19)1-2-11(12)16/h1-6,17H,(H,18,19). The van der Waals surface area contributed by atoms with Gasteiger partial charge in [-0.15, -0.1) is 0 Å². The van der Waals surface area contributed by atoms with Crippen LogP contribution in [0.2, 0.25) is 0 Å². The third-order valence-corrected chi connectivity index (χ3v) is 3.95. The molecular formula is C13H8F3NO4S. The quantitative estimate of drug-likeness (QED) is 0.902. The second-order valence-electron chi connectivity index (χ2n) is 4.21. The molecule has 0 aliphatic rings. The maximum atomic E-state index is 13.6. The van der Waals surface area contributed by atoms with Crippen LogP contribution in [0.1, 0.15) is 10.4 Å². The maximum Gasteiger partial charge on any atom is 0.335 e. The van der Waals surface area contributed by atoms with E-state index < -0.39 is 44.0 Å². The summed E-state index contributed by atoms with van der Waals surface area (Å²) in [5, 5.41) is 8.79. The SMILES string of the molecule is O=C(O)c1ccc(F)c(NS(=O)(=O)c2cc(F)cc(F)c2)c1. The van der Waals surface area contributed by atoms with E-state index in [1.165, 1.54) is 0 Å². The van der Waals surface area contributed by atoms with E-state index in [1.54, 1.807) is 4.72 Å². The van der Waals surface area contributed by atoms with E-state index in [1.807, 2.05) is 0 Å². The predicted octanol–water partition coefficient (Wildman–Crippen LogP) is 2.60. The number of anilines is 1. The first-order valence-electron chi connectivity index (χ1n) is 5.71. The van der Waals surface area contributed by atoms with Crippen molar-refractivity contribution in [1.82, 2.24) is 0 Å². The molecule has 2 aromatic rings. The molecule has 0 bridgehead atoms. The van der Waals surface area contributed by atoms with Crippen LogP contribution in [0.4, 0.5) is 18.9 Å². The van der Waals surface area contributed by atoms with Gasteiger partial charge in [-0.2, -0.15) is 0 Å². The van der Waals surface area contributed by atoms with Crippen molar-refractivity contribution < 1.29 is 31.5 Å². The fourth-order valence-electron chi connectivity index (χ4n) is 1.62. The summed E-state index contributed by atoms with van der Waals surface area (Å²) in [5.41, 5.74) is -1.01. The average molecular weight is 331 g/mol. The molecule has 22 heavy (non-hydrogen) atoms. The lowest BCUT2D eigenvalue weighted by atomic mass is 10.2. The Bertz CT molecular complexity index is 832. The molecule has 2 N–H and O–H groups in total. The second kappa shape index (κ2) is 5.68. The zero-order valence-corrected chi connectivity index (χ0v) is 11.5. The van der Waals surface area contributed by atoms with Crippen molar-refractivity contribution in [2.45, 2.75) is 4.90 Å². The summed E-state index contributed by atoms with van der Waals surface area (Å²) in [6.07, 6.45) is 0. The zero-order valence-electron chi connectivity index (χ0n) is 10.7. The topological polar surface area (TPSA) is 83.5 Å². The van der Waals surface area contributed by atoms with E-state index in [0.717, 1.165) is 18.2 Å². The summed E-state index contributed by atoms with van der Waals surface area (Å²) in [7, 11) is -4.49. The van der Waals surface area contributed by atoms with E-state index in [4.69, 9.17) is 5.11 Å². The Morgan fingerprint density at radius 3 is 2.14 bits per heavy atom. The molecule has 0 aromatic heterocycles. The molecule has 116 valence electrons. The van der Waals surface area contributed by atoms with Gasteiger partial charge >= 0.3 is 5.97 Å². The molecule has 0 atom stereocenters. The van der Waals surface area contributed by atoms with Crippen molar-refractivity contribution >= 4 is 21.7 Å². The Balaban J connectivity index is 2.44. The van der Waals surface area contributed by atoms with Gasteiger partial charge in [-0.3, -0.25) is 4.72 Å². The molecule has 0 aliphatic carbocycles. The first-order valence-corrected chi connectivity index (χ1v) is 7.19. The van der Waals surface area contributed by atoms with Crippen molar-refractivity contribution in [3.63, 3.8) is 0 Å². The Labute approximate surface area is 123 Å². The van der Waals surface area contributed by atoms with Gasteiger partial charge in [0.2, 0.25) is 0 Å². The van der Waals surface area contributed by atoms with Crippen molar-refractivity contribution in [1.29, 1.82) is 0 Å². The van der Waals surface area contributed by atoms with Gasteiger partial charge in [0.15, 0.2) is 0 Å². The fraction of sp³-hybridized carbons (Fsp3) is 0. The smallest absolute Gasteiger partial charge is 0.335 e. The van der Waals surface area contributed by atoms with Gasteiger partial charge in [0.05, 0.1) is 16.1 Å². The van der Waals surface area contributed by atoms with Gasteiger partial charge in [0.1, 0.15) is 17.5 Å². The minimum atomic E-state index is -4.49. The van der Waals surface area contributed by atoms with Crippen LogP contribution in [0.15, 0.2) is 41.3 Å². The van der Waals surface area contributed by atoms with Crippen LogP contribution in [0.3, 0.4) is 0 Å². The largest absolute Gasteiger partial charge is 0.478 e. The number of carboxylic acids is 1. The van der Waals surface area contributed by atoms with Crippen LogP contribution in [0.5, 0.6) is 0 Å². The van der Waals surface area contributed by atoms with Crippen molar-refractivity contribution in [2.75, 3.05) is 4.72 Å². The van der Waals surface area contributed by atoms with Crippen molar-refractivity contribution in [3.05, 3.63) is 59.4 Å². The average Bonchev–Trinajstić information content (AvgIpc) is 2.39. The van der Waals surface area contributed by atoms with E-state index in [-0.39, 0.29) is 5.56 Å². The van der Waals surface area contributed by atoms with Crippen LogP contribution in [-0.2, 0) is 10.0 Å². The van der Waals surface area contributed by atoms with Crippen molar-refractivity contribution in [2.24, 2.45) is 0 Å². The number of carbonyl (C=O) groups is 1. The molecule has 0 saturated heterocycles. The number of rotatable bonds is 4. The first-order chi connectivity index (χ1) is 10.2. The number of benzene rings is 2. The third-order valence-electron chi connectivity index (χ3n) is 2.60. The third kappa shape index (κ3) is 3.37. The molecule has 2 aromatic carbocycles. The Kier molecular flexibility index (Phi) is 4.09. The summed E-state index contributed by atoms with van der Waals surface area (Å²) < 4.78 is 65.4. The first kappa shape index (κ1) is 15.8. The highest BCUT2D eigenvalue weighted by Gasteiger charge is 2.19. The molecular weight excluding hydrogens is 323 g/mol. The summed E-state index contributed by atoms with van der Waals surface area (Å²) in [6.45, 7) is 0. The van der Waals surface area contributed by atoms with Crippen LogP contribution >= 0.6 is 0 Å². The summed E-state index contributed by atoms with van der Waals surface area (Å²) in [4.78, 5) is 10.0. The molecule has 0 unspecified atom stereocenters. The van der Waals surface area contributed by atoms with Gasteiger partial charge in [-0.25, -0.2) is 26.4 Å². The molecule has 0 amide bonds. The van der Waals surface area contributed by atoms with E-state index >= 15 is 0 Å². The molecule has 9 heteroatoms. The van der Waals surface area contributed by atoms with E-state index in [2.05, 4.69) is 0 Å². The number of halogens is 3. The minimum Gasteiger partial charge on any atom is -0.478 e. The van der Waals surface area contributed by atoms with Gasteiger partial charge in [0, 0.05) is 6.07 Å². The van der Waals surface area contributed by atoms with Crippen LogP contribution in [-0.4, -0.2) is 19.5 Å². The summed E-state index contributed by atoms with van der Waals surface area (Å²) in [5.74, 6) is -4.68. The number of hydrogen-bond donors (Lipinski definition) is 2. The second-order valence-corrected chi connectivity index (χ2v) is 5.89. The highest BCUT2D eigenvalue weighted by atomic mass is 32.2.